The molecule has 1 aliphatic rings. The summed E-state index contributed by atoms with van der Waals surface area (Å²) in [5.41, 5.74) is 9.26. The van der Waals surface area contributed by atoms with E-state index in [2.05, 4.69) is 0 Å². The normalized spacial score (nSPS) is 36.2. The summed E-state index contributed by atoms with van der Waals surface area (Å²) < 4.78 is 5.24. The van der Waals surface area contributed by atoms with Gasteiger partial charge in [-0.25, -0.2) is 0 Å². The van der Waals surface area contributed by atoms with Crippen LogP contribution in [0.3, 0.4) is 0 Å². The SMILES string of the molecule is NCCCCC(N)(C(=O)O)C1O[C@H](CO)[C@@H](O)[C@H](O)[C@H]1O. The Hall–Kier alpha value is -0.810. The maximum Gasteiger partial charge on any atom is 0.326 e. The lowest BCUT2D eigenvalue weighted by Gasteiger charge is -2.45. The van der Waals surface area contributed by atoms with E-state index in [9.17, 15) is 25.2 Å². The lowest BCUT2D eigenvalue weighted by Crippen LogP contribution is -2.70. The number of nitrogens with two attached hydrogens (primary N) is 2. The molecular formula is C12H24N2O7. The van der Waals surface area contributed by atoms with Crippen LogP contribution in [0, 0.1) is 0 Å². The van der Waals surface area contributed by atoms with Crippen LogP contribution in [-0.2, 0) is 9.53 Å². The van der Waals surface area contributed by atoms with Crippen LogP contribution in [0.4, 0.5) is 0 Å². The Morgan fingerprint density at radius 3 is 2.24 bits per heavy atom. The molecule has 0 saturated carbocycles. The molecule has 0 aromatic carbocycles. The predicted octanol–water partition coefficient (Wildman–Crippen LogP) is -3.26. The molecule has 6 atom stereocenters. The molecule has 0 spiro atoms. The van der Waals surface area contributed by atoms with Crippen molar-refractivity contribution in [3.8, 4) is 0 Å². The van der Waals surface area contributed by atoms with Gasteiger partial charge in [-0.3, -0.25) is 4.79 Å². The molecule has 9 N–H and O–H groups in total. The Bertz CT molecular complexity index is 354. The lowest BCUT2D eigenvalue weighted by molar-refractivity contribution is -0.245. The highest BCUT2D eigenvalue weighted by Crippen LogP contribution is 2.30. The fourth-order valence-corrected chi connectivity index (χ4v) is 2.46. The van der Waals surface area contributed by atoms with Crippen molar-refractivity contribution in [1.82, 2.24) is 0 Å². The van der Waals surface area contributed by atoms with E-state index in [0.717, 1.165) is 0 Å². The molecule has 0 aliphatic carbocycles. The van der Waals surface area contributed by atoms with Gasteiger partial charge in [-0.15, -0.1) is 0 Å². The van der Waals surface area contributed by atoms with Crippen LogP contribution < -0.4 is 11.5 Å². The molecule has 2 unspecified atom stereocenters. The van der Waals surface area contributed by atoms with Crippen molar-refractivity contribution >= 4 is 5.97 Å². The van der Waals surface area contributed by atoms with Crippen molar-refractivity contribution in [2.75, 3.05) is 13.2 Å². The molecule has 0 amide bonds. The van der Waals surface area contributed by atoms with Gasteiger partial charge in [0.05, 0.1) is 6.61 Å². The first-order valence-electron chi connectivity index (χ1n) is 6.82. The second-order valence-electron chi connectivity index (χ2n) is 5.34. The molecule has 124 valence electrons. The van der Waals surface area contributed by atoms with Gasteiger partial charge in [0.25, 0.3) is 0 Å². The van der Waals surface area contributed by atoms with Crippen LogP contribution >= 0.6 is 0 Å². The van der Waals surface area contributed by atoms with E-state index < -0.39 is 48.6 Å². The minimum absolute atomic E-state index is 0.0256. The van der Waals surface area contributed by atoms with Crippen LogP contribution in [0.5, 0.6) is 0 Å². The van der Waals surface area contributed by atoms with Crippen LogP contribution in [0.15, 0.2) is 0 Å². The van der Waals surface area contributed by atoms with Crippen molar-refractivity contribution in [1.29, 1.82) is 0 Å². The van der Waals surface area contributed by atoms with E-state index in [-0.39, 0.29) is 6.42 Å². The van der Waals surface area contributed by atoms with Gasteiger partial charge in [0.2, 0.25) is 0 Å². The van der Waals surface area contributed by atoms with Crippen LogP contribution in [-0.4, -0.2) is 80.7 Å². The number of aliphatic hydroxyl groups excluding tert-OH is 4. The van der Waals surface area contributed by atoms with E-state index in [0.29, 0.717) is 19.4 Å². The zero-order valence-corrected chi connectivity index (χ0v) is 11.6. The average molecular weight is 308 g/mol. The van der Waals surface area contributed by atoms with E-state index >= 15 is 0 Å². The summed E-state index contributed by atoms with van der Waals surface area (Å²) in [5.74, 6) is -1.40. The minimum Gasteiger partial charge on any atom is -0.480 e. The number of hydrogen-bond donors (Lipinski definition) is 7. The van der Waals surface area contributed by atoms with Crippen LogP contribution in [0.1, 0.15) is 19.3 Å². The maximum absolute atomic E-state index is 11.5. The fraction of sp³-hybridized carbons (Fsp3) is 0.917. The lowest BCUT2D eigenvalue weighted by atomic mass is 9.80. The van der Waals surface area contributed by atoms with Gasteiger partial charge < -0.3 is 41.7 Å². The third kappa shape index (κ3) is 3.69. The van der Waals surface area contributed by atoms with Crippen molar-refractivity contribution in [3.05, 3.63) is 0 Å². The van der Waals surface area contributed by atoms with Crippen molar-refractivity contribution in [3.63, 3.8) is 0 Å². The molecule has 9 heteroatoms. The molecule has 1 heterocycles. The average Bonchev–Trinajstić information content (AvgIpc) is 2.45. The summed E-state index contributed by atoms with van der Waals surface area (Å²) in [7, 11) is 0. The topological polar surface area (TPSA) is 179 Å². The Labute approximate surface area is 122 Å². The number of aliphatic hydroxyl groups is 4. The Morgan fingerprint density at radius 1 is 1.14 bits per heavy atom. The molecular weight excluding hydrogens is 284 g/mol. The summed E-state index contributed by atoms with van der Waals surface area (Å²) in [6.45, 7) is -0.273. The molecule has 21 heavy (non-hydrogen) atoms. The van der Waals surface area contributed by atoms with Crippen LogP contribution in [0.2, 0.25) is 0 Å². The van der Waals surface area contributed by atoms with Crippen molar-refractivity contribution < 1.29 is 35.1 Å². The number of carboxylic acid groups (broad SMARTS) is 1. The monoisotopic (exact) mass is 308 g/mol. The third-order valence-corrected chi connectivity index (χ3v) is 3.84. The molecule has 1 rings (SSSR count). The number of carboxylic acids is 1. The highest BCUT2D eigenvalue weighted by molar-refractivity contribution is 5.79. The second-order valence-corrected chi connectivity index (χ2v) is 5.34. The Morgan fingerprint density at radius 2 is 1.76 bits per heavy atom. The van der Waals surface area contributed by atoms with Crippen molar-refractivity contribution in [2.45, 2.75) is 55.3 Å². The van der Waals surface area contributed by atoms with Gasteiger partial charge >= 0.3 is 5.97 Å². The predicted molar refractivity (Wildman–Crippen MR) is 71.2 cm³/mol. The number of rotatable bonds is 7. The number of unbranched alkanes of at least 4 members (excludes halogenated alkanes) is 1. The Balaban J connectivity index is 2.97. The standard InChI is InChI=1S/C12H24N2O7/c13-4-2-1-3-12(14,11(19)20)10-9(18)8(17)7(16)6(5-15)21-10/h6-10,15-18H,1-5,13-14H2,(H,19,20)/t6-,7-,8+,9-,10?,12?/m1/s1. The van der Waals surface area contributed by atoms with Gasteiger partial charge in [0.15, 0.2) is 0 Å². The number of ether oxygens (including phenoxy) is 1. The van der Waals surface area contributed by atoms with Gasteiger partial charge in [-0.1, -0.05) is 0 Å². The smallest absolute Gasteiger partial charge is 0.326 e. The molecule has 0 aromatic rings. The quantitative estimate of drug-likeness (QED) is 0.238. The zero-order valence-electron chi connectivity index (χ0n) is 11.6. The number of aliphatic carboxylic acids is 1. The second kappa shape index (κ2) is 7.45. The summed E-state index contributed by atoms with van der Waals surface area (Å²) in [6, 6.07) is 0. The molecule has 1 saturated heterocycles. The molecule has 9 nitrogen and oxygen atoms in total. The zero-order chi connectivity index (χ0) is 16.2. The highest BCUT2D eigenvalue weighted by Gasteiger charge is 2.54. The first-order valence-corrected chi connectivity index (χ1v) is 6.82. The van der Waals surface area contributed by atoms with Crippen molar-refractivity contribution in [2.24, 2.45) is 11.5 Å². The van der Waals surface area contributed by atoms with Crippen LogP contribution in [0.25, 0.3) is 0 Å². The maximum atomic E-state index is 11.5. The van der Waals surface area contributed by atoms with E-state index in [1.54, 1.807) is 0 Å². The molecule has 1 aliphatic heterocycles. The minimum atomic E-state index is -1.96. The summed E-state index contributed by atoms with van der Waals surface area (Å²) in [4.78, 5) is 11.5. The fourth-order valence-electron chi connectivity index (χ4n) is 2.46. The molecule has 0 aromatic heterocycles. The summed E-state index contributed by atoms with van der Waals surface area (Å²) in [5, 5.41) is 47.9. The van der Waals surface area contributed by atoms with Gasteiger partial charge in [-0.2, -0.15) is 0 Å². The molecule has 0 bridgehead atoms. The van der Waals surface area contributed by atoms with Gasteiger partial charge in [0, 0.05) is 0 Å². The molecule has 1 fully saturated rings. The van der Waals surface area contributed by atoms with E-state index in [1.807, 2.05) is 0 Å². The highest BCUT2D eigenvalue weighted by atomic mass is 16.5. The first-order chi connectivity index (χ1) is 9.79. The number of carbonyl (C=O) groups is 1. The third-order valence-electron chi connectivity index (χ3n) is 3.84. The van der Waals surface area contributed by atoms with E-state index in [1.165, 1.54) is 0 Å². The summed E-state index contributed by atoms with van der Waals surface area (Å²) in [6.07, 6.45) is -6.61. The molecule has 0 radical (unpaired) electrons. The Kier molecular flexibility index (Phi) is 6.47. The van der Waals surface area contributed by atoms with Gasteiger partial charge in [-0.05, 0) is 25.8 Å². The van der Waals surface area contributed by atoms with E-state index in [4.69, 9.17) is 21.3 Å². The number of hydrogen-bond acceptors (Lipinski definition) is 8. The van der Waals surface area contributed by atoms with Gasteiger partial charge in [0.1, 0.15) is 36.1 Å². The summed E-state index contributed by atoms with van der Waals surface area (Å²) >= 11 is 0. The first kappa shape index (κ1) is 18.2. The largest absolute Gasteiger partial charge is 0.480 e.